The van der Waals surface area contributed by atoms with Crippen molar-refractivity contribution in [2.75, 3.05) is 19.8 Å². The largest absolute Gasteiger partial charge is 0.381 e. The lowest BCUT2D eigenvalue weighted by molar-refractivity contribution is 0.0526. The molecule has 1 aliphatic rings. The fraction of sp³-hybridized carbons (Fsp3) is 0.647. The van der Waals surface area contributed by atoms with E-state index in [0.717, 1.165) is 25.7 Å². The van der Waals surface area contributed by atoms with Crippen LogP contribution in [0.1, 0.15) is 38.2 Å². The van der Waals surface area contributed by atoms with Crippen LogP contribution in [-0.2, 0) is 11.2 Å². The highest BCUT2D eigenvalue weighted by molar-refractivity contribution is 5.14. The van der Waals surface area contributed by atoms with Crippen LogP contribution in [0.15, 0.2) is 30.3 Å². The summed E-state index contributed by atoms with van der Waals surface area (Å²) in [6.45, 7) is 5.27. The molecule has 0 bridgehead atoms. The van der Waals surface area contributed by atoms with E-state index >= 15 is 0 Å². The number of benzene rings is 1. The molecule has 2 nitrogen and oxygen atoms in total. The number of aryl methyl sites for hydroxylation is 1. The maximum atomic E-state index is 5.49. The van der Waals surface area contributed by atoms with Crippen molar-refractivity contribution in [1.82, 2.24) is 5.32 Å². The molecule has 0 spiro atoms. The molecule has 1 unspecified atom stereocenters. The van der Waals surface area contributed by atoms with E-state index in [9.17, 15) is 0 Å². The number of hydrogen-bond donors (Lipinski definition) is 1. The second-order valence-corrected chi connectivity index (χ2v) is 5.53. The van der Waals surface area contributed by atoms with Crippen LogP contribution < -0.4 is 5.32 Å². The number of hydrogen-bond acceptors (Lipinski definition) is 2. The van der Waals surface area contributed by atoms with Gasteiger partial charge >= 0.3 is 0 Å². The van der Waals surface area contributed by atoms with Crippen molar-refractivity contribution in [3.8, 4) is 0 Å². The lowest BCUT2D eigenvalue weighted by Crippen LogP contribution is -2.39. The highest BCUT2D eigenvalue weighted by atomic mass is 16.5. The molecule has 1 heterocycles. The lowest BCUT2D eigenvalue weighted by Gasteiger charge is -2.31. The molecule has 2 heteroatoms. The zero-order valence-corrected chi connectivity index (χ0v) is 12.1. The monoisotopic (exact) mass is 261 g/mol. The highest BCUT2D eigenvalue weighted by Gasteiger charge is 2.23. The summed E-state index contributed by atoms with van der Waals surface area (Å²) >= 11 is 0. The first-order chi connectivity index (χ1) is 9.40. The van der Waals surface area contributed by atoms with E-state index in [0.29, 0.717) is 6.04 Å². The van der Waals surface area contributed by atoms with Crippen LogP contribution in [0.4, 0.5) is 0 Å². The summed E-state index contributed by atoms with van der Waals surface area (Å²) < 4.78 is 5.49. The third-order valence-corrected chi connectivity index (χ3v) is 4.08. The molecule has 1 atom stereocenters. The number of rotatable bonds is 7. The lowest BCUT2D eigenvalue weighted by atomic mass is 9.88. The average molecular weight is 261 g/mol. The van der Waals surface area contributed by atoms with E-state index in [1.165, 1.54) is 37.7 Å². The summed E-state index contributed by atoms with van der Waals surface area (Å²) in [5.41, 5.74) is 1.46. The number of ether oxygens (including phenoxy) is 1. The van der Waals surface area contributed by atoms with Crippen LogP contribution >= 0.6 is 0 Å². The fourth-order valence-electron chi connectivity index (χ4n) is 2.92. The second-order valence-electron chi connectivity index (χ2n) is 5.53. The molecule has 1 aromatic carbocycles. The van der Waals surface area contributed by atoms with Gasteiger partial charge in [0.05, 0.1) is 0 Å². The maximum Gasteiger partial charge on any atom is 0.0469 e. The fourth-order valence-corrected chi connectivity index (χ4v) is 2.92. The summed E-state index contributed by atoms with van der Waals surface area (Å²) in [6.07, 6.45) is 6.08. The number of nitrogens with one attached hydrogen (secondary N) is 1. The van der Waals surface area contributed by atoms with Gasteiger partial charge in [-0.25, -0.2) is 0 Å². The average Bonchev–Trinajstić information content (AvgIpc) is 2.49. The molecule has 0 saturated carbocycles. The van der Waals surface area contributed by atoms with Crippen LogP contribution in [0.2, 0.25) is 0 Å². The maximum absolute atomic E-state index is 5.49. The van der Waals surface area contributed by atoms with Crippen molar-refractivity contribution >= 4 is 0 Å². The zero-order chi connectivity index (χ0) is 13.3. The van der Waals surface area contributed by atoms with Gasteiger partial charge in [0.25, 0.3) is 0 Å². The normalized spacial score (nSPS) is 18.4. The van der Waals surface area contributed by atoms with E-state index in [1.54, 1.807) is 0 Å². The van der Waals surface area contributed by atoms with Gasteiger partial charge in [-0.05, 0) is 50.1 Å². The minimum absolute atomic E-state index is 0.657. The Morgan fingerprint density at radius 1 is 1.21 bits per heavy atom. The third kappa shape index (κ3) is 4.96. The van der Waals surface area contributed by atoms with Crippen molar-refractivity contribution in [2.45, 2.75) is 45.1 Å². The predicted octanol–water partition coefficient (Wildman–Crippen LogP) is 3.41. The molecule has 0 amide bonds. The summed E-state index contributed by atoms with van der Waals surface area (Å²) in [5.74, 6) is 0.795. The molecule has 0 aromatic heterocycles. The quantitative estimate of drug-likeness (QED) is 0.812. The van der Waals surface area contributed by atoms with Gasteiger partial charge in [0.1, 0.15) is 0 Å². The van der Waals surface area contributed by atoms with Crippen molar-refractivity contribution in [3.63, 3.8) is 0 Å². The van der Waals surface area contributed by atoms with Crippen LogP contribution in [0, 0.1) is 5.92 Å². The van der Waals surface area contributed by atoms with Gasteiger partial charge < -0.3 is 10.1 Å². The first kappa shape index (κ1) is 14.5. The molecule has 1 aromatic rings. The van der Waals surface area contributed by atoms with Gasteiger partial charge in [-0.3, -0.25) is 0 Å². The molecule has 1 aliphatic heterocycles. The van der Waals surface area contributed by atoms with Crippen LogP contribution in [0.5, 0.6) is 0 Å². The Morgan fingerprint density at radius 3 is 2.63 bits per heavy atom. The van der Waals surface area contributed by atoms with Gasteiger partial charge in [-0.15, -0.1) is 0 Å². The standard InChI is InChI=1S/C17H27NO/c1-2-12-18-17(16-10-13-19-14-11-16)9-8-15-6-4-3-5-7-15/h3-7,16-18H,2,8-14H2,1H3. The Morgan fingerprint density at radius 2 is 1.95 bits per heavy atom. The second kappa shape index (κ2) is 8.34. The van der Waals surface area contributed by atoms with Crippen molar-refractivity contribution in [3.05, 3.63) is 35.9 Å². The molecule has 19 heavy (non-hydrogen) atoms. The van der Waals surface area contributed by atoms with E-state index in [2.05, 4.69) is 42.6 Å². The van der Waals surface area contributed by atoms with Gasteiger partial charge in [0.2, 0.25) is 0 Å². The molecule has 2 rings (SSSR count). The van der Waals surface area contributed by atoms with E-state index in [1.807, 2.05) is 0 Å². The minimum atomic E-state index is 0.657. The first-order valence-corrected chi connectivity index (χ1v) is 7.75. The van der Waals surface area contributed by atoms with E-state index < -0.39 is 0 Å². The minimum Gasteiger partial charge on any atom is -0.381 e. The molecule has 0 aliphatic carbocycles. The Kier molecular flexibility index (Phi) is 6.38. The molecule has 106 valence electrons. The van der Waals surface area contributed by atoms with Crippen molar-refractivity contribution in [2.24, 2.45) is 5.92 Å². The van der Waals surface area contributed by atoms with Crippen molar-refractivity contribution < 1.29 is 4.74 Å². The Labute approximate surface area is 117 Å². The van der Waals surface area contributed by atoms with Crippen LogP contribution in [0.25, 0.3) is 0 Å². The summed E-state index contributed by atoms with van der Waals surface area (Å²) in [5, 5.41) is 3.75. The summed E-state index contributed by atoms with van der Waals surface area (Å²) in [6, 6.07) is 11.5. The molecular formula is C17H27NO. The molecule has 0 radical (unpaired) electrons. The Balaban J connectivity index is 1.85. The predicted molar refractivity (Wildman–Crippen MR) is 80.4 cm³/mol. The molecule has 1 saturated heterocycles. The van der Waals surface area contributed by atoms with Crippen LogP contribution in [-0.4, -0.2) is 25.8 Å². The first-order valence-electron chi connectivity index (χ1n) is 7.75. The molecule has 1 N–H and O–H groups in total. The van der Waals surface area contributed by atoms with Gasteiger partial charge in [-0.1, -0.05) is 37.3 Å². The van der Waals surface area contributed by atoms with Gasteiger partial charge in [0, 0.05) is 19.3 Å². The third-order valence-electron chi connectivity index (χ3n) is 4.08. The highest BCUT2D eigenvalue weighted by Crippen LogP contribution is 2.22. The molecule has 1 fully saturated rings. The Bertz CT molecular complexity index is 332. The molecular weight excluding hydrogens is 234 g/mol. The van der Waals surface area contributed by atoms with E-state index in [4.69, 9.17) is 4.74 Å². The van der Waals surface area contributed by atoms with Crippen LogP contribution in [0.3, 0.4) is 0 Å². The Hall–Kier alpha value is -0.860. The van der Waals surface area contributed by atoms with Gasteiger partial charge in [0.15, 0.2) is 0 Å². The zero-order valence-electron chi connectivity index (χ0n) is 12.1. The summed E-state index contributed by atoms with van der Waals surface area (Å²) in [4.78, 5) is 0. The van der Waals surface area contributed by atoms with Crippen molar-refractivity contribution in [1.29, 1.82) is 0 Å². The topological polar surface area (TPSA) is 21.3 Å². The van der Waals surface area contributed by atoms with E-state index in [-0.39, 0.29) is 0 Å². The SMILES string of the molecule is CCCNC(CCc1ccccc1)C1CCOCC1. The van der Waals surface area contributed by atoms with Gasteiger partial charge in [-0.2, -0.15) is 0 Å². The smallest absolute Gasteiger partial charge is 0.0469 e. The summed E-state index contributed by atoms with van der Waals surface area (Å²) in [7, 11) is 0.